The van der Waals surface area contributed by atoms with E-state index in [2.05, 4.69) is 62.5 Å². The predicted octanol–water partition coefficient (Wildman–Crippen LogP) is 5.34. The molecule has 2 aromatic carbocycles. The largest absolute Gasteiger partial charge is 0.377 e. The van der Waals surface area contributed by atoms with Crippen molar-refractivity contribution in [3.8, 4) is 0 Å². The van der Waals surface area contributed by atoms with Crippen LogP contribution in [0.15, 0.2) is 60.7 Å². The molecule has 4 rings (SSSR count). The van der Waals surface area contributed by atoms with Crippen LogP contribution in [-0.4, -0.2) is 5.78 Å². The van der Waals surface area contributed by atoms with Crippen LogP contribution in [0.3, 0.4) is 0 Å². The third kappa shape index (κ3) is 2.59. The van der Waals surface area contributed by atoms with Crippen LogP contribution in [0, 0.1) is 29.1 Å². The number of fused-ring (bicyclic) bond motifs is 2. The second-order valence-electron chi connectivity index (χ2n) is 8.39. The Kier molecular flexibility index (Phi) is 3.94. The Labute approximate surface area is 150 Å². The molecule has 0 spiro atoms. The van der Waals surface area contributed by atoms with E-state index in [1.165, 1.54) is 5.56 Å². The summed E-state index contributed by atoms with van der Waals surface area (Å²) in [6.07, 6.45) is 1.05. The fourth-order valence-electron chi connectivity index (χ4n) is 5.21. The van der Waals surface area contributed by atoms with Crippen LogP contribution >= 0.6 is 0 Å². The lowest BCUT2D eigenvalue weighted by Crippen LogP contribution is -2.43. The zero-order chi connectivity index (χ0) is 17.6. The standard InChI is InChI=1S/C23H27NO/c1-15-18-14-19(23(15,2)3)20(22(18)25)21(16-10-6-4-7-11-16)24-17-12-8-5-9-13-17/h4-13,15,18-21,24H,14H2,1-3H3/t15-,18-,19+,20+,21+/m0/s1. The average molecular weight is 333 g/mol. The van der Waals surface area contributed by atoms with Gasteiger partial charge in [-0.25, -0.2) is 0 Å². The van der Waals surface area contributed by atoms with E-state index in [0.717, 1.165) is 12.1 Å². The second kappa shape index (κ2) is 6.01. The Morgan fingerprint density at radius 3 is 2.20 bits per heavy atom. The zero-order valence-electron chi connectivity index (χ0n) is 15.3. The van der Waals surface area contributed by atoms with Crippen LogP contribution in [0.1, 0.15) is 38.8 Å². The number of hydrogen-bond acceptors (Lipinski definition) is 2. The maximum absolute atomic E-state index is 13.2. The molecule has 25 heavy (non-hydrogen) atoms. The van der Waals surface area contributed by atoms with Gasteiger partial charge in [-0.05, 0) is 41.4 Å². The summed E-state index contributed by atoms with van der Waals surface area (Å²) in [5.41, 5.74) is 2.51. The molecule has 0 aromatic heterocycles. The molecule has 0 unspecified atom stereocenters. The van der Waals surface area contributed by atoms with Gasteiger partial charge in [0.1, 0.15) is 5.78 Å². The van der Waals surface area contributed by atoms with Gasteiger partial charge < -0.3 is 5.32 Å². The molecule has 0 amide bonds. The normalized spacial score (nSPS) is 31.1. The number of hydrogen-bond donors (Lipinski definition) is 1. The molecule has 2 aliphatic carbocycles. The Morgan fingerprint density at radius 1 is 1.00 bits per heavy atom. The highest BCUT2D eigenvalue weighted by molar-refractivity contribution is 5.89. The lowest BCUT2D eigenvalue weighted by Gasteiger charge is -2.43. The lowest BCUT2D eigenvalue weighted by atomic mass is 9.62. The zero-order valence-corrected chi connectivity index (χ0v) is 15.3. The van der Waals surface area contributed by atoms with Crippen LogP contribution in [0.2, 0.25) is 0 Å². The molecule has 1 N–H and O–H groups in total. The van der Waals surface area contributed by atoms with Gasteiger partial charge in [0.2, 0.25) is 0 Å². The van der Waals surface area contributed by atoms with Crippen LogP contribution in [0.4, 0.5) is 5.69 Å². The van der Waals surface area contributed by atoms with E-state index in [9.17, 15) is 4.79 Å². The van der Waals surface area contributed by atoms with Crippen LogP contribution < -0.4 is 5.32 Å². The van der Waals surface area contributed by atoms with Crippen molar-refractivity contribution in [2.45, 2.75) is 33.2 Å². The summed E-state index contributed by atoms with van der Waals surface area (Å²) in [5.74, 6) is 1.68. The van der Waals surface area contributed by atoms with E-state index in [4.69, 9.17) is 0 Å². The fraction of sp³-hybridized carbons (Fsp3) is 0.435. The Hall–Kier alpha value is -2.09. The number of carbonyl (C=O) groups excluding carboxylic acids is 1. The first-order valence-corrected chi connectivity index (χ1v) is 9.40. The number of ketones is 1. The summed E-state index contributed by atoms with van der Waals surface area (Å²) in [6, 6.07) is 20.8. The summed E-state index contributed by atoms with van der Waals surface area (Å²) in [4.78, 5) is 13.2. The van der Waals surface area contributed by atoms with Gasteiger partial charge in [-0.2, -0.15) is 0 Å². The first-order chi connectivity index (χ1) is 12.0. The highest BCUT2D eigenvalue weighted by Gasteiger charge is 2.61. The van der Waals surface area contributed by atoms with Gasteiger partial charge in [0, 0.05) is 17.5 Å². The smallest absolute Gasteiger partial charge is 0.142 e. The van der Waals surface area contributed by atoms with Crippen molar-refractivity contribution in [2.24, 2.45) is 29.1 Å². The number of anilines is 1. The fourth-order valence-corrected chi connectivity index (χ4v) is 5.21. The topological polar surface area (TPSA) is 29.1 Å². The minimum atomic E-state index is 0.0397. The van der Waals surface area contributed by atoms with Crippen molar-refractivity contribution in [3.05, 3.63) is 66.2 Å². The summed E-state index contributed by atoms with van der Waals surface area (Å²) in [5, 5.41) is 3.68. The van der Waals surface area contributed by atoms with E-state index in [1.807, 2.05) is 24.3 Å². The first kappa shape index (κ1) is 16.4. The van der Waals surface area contributed by atoms with E-state index >= 15 is 0 Å². The van der Waals surface area contributed by atoms with E-state index < -0.39 is 0 Å². The summed E-state index contributed by atoms with van der Waals surface area (Å²) in [7, 11) is 0. The van der Waals surface area contributed by atoms with Crippen molar-refractivity contribution in [1.29, 1.82) is 0 Å². The predicted molar refractivity (Wildman–Crippen MR) is 102 cm³/mol. The van der Waals surface area contributed by atoms with Crippen LogP contribution in [-0.2, 0) is 4.79 Å². The van der Waals surface area contributed by atoms with Gasteiger partial charge in [0.15, 0.2) is 0 Å². The van der Waals surface area contributed by atoms with Crippen molar-refractivity contribution >= 4 is 11.5 Å². The maximum Gasteiger partial charge on any atom is 0.142 e. The Bertz CT molecular complexity index is 752. The molecule has 0 aliphatic heterocycles. The third-order valence-corrected chi connectivity index (χ3v) is 6.98. The quantitative estimate of drug-likeness (QED) is 0.818. The number of benzene rings is 2. The minimum Gasteiger partial charge on any atom is -0.377 e. The summed E-state index contributed by atoms with van der Waals surface area (Å²) in [6.45, 7) is 6.97. The van der Waals surface area contributed by atoms with Crippen LogP contribution in [0.25, 0.3) is 0 Å². The maximum atomic E-state index is 13.2. The Balaban J connectivity index is 1.73. The molecule has 2 fully saturated rings. The molecule has 2 aliphatic rings. The van der Waals surface area contributed by atoms with Gasteiger partial charge in [0.25, 0.3) is 0 Å². The van der Waals surface area contributed by atoms with E-state index in [-0.39, 0.29) is 23.3 Å². The van der Waals surface area contributed by atoms with Crippen molar-refractivity contribution in [2.75, 3.05) is 5.32 Å². The molecule has 5 atom stereocenters. The van der Waals surface area contributed by atoms with Gasteiger partial charge in [0.05, 0.1) is 6.04 Å². The van der Waals surface area contributed by atoms with Crippen molar-refractivity contribution in [1.82, 2.24) is 0 Å². The molecule has 0 saturated heterocycles. The van der Waals surface area contributed by atoms with Crippen molar-refractivity contribution in [3.63, 3.8) is 0 Å². The highest BCUT2D eigenvalue weighted by atomic mass is 16.1. The summed E-state index contributed by atoms with van der Waals surface area (Å²) >= 11 is 0. The molecule has 2 bridgehead atoms. The molecule has 2 nitrogen and oxygen atoms in total. The van der Waals surface area contributed by atoms with Crippen molar-refractivity contribution < 1.29 is 4.79 Å². The monoisotopic (exact) mass is 333 g/mol. The van der Waals surface area contributed by atoms with E-state index in [0.29, 0.717) is 17.6 Å². The number of carbonyl (C=O) groups is 1. The number of Topliss-reactive ketones (excluding diaryl/α,β-unsaturated/α-hetero) is 1. The van der Waals surface area contributed by atoms with Gasteiger partial charge >= 0.3 is 0 Å². The first-order valence-electron chi connectivity index (χ1n) is 9.40. The number of nitrogens with one attached hydrogen (secondary N) is 1. The van der Waals surface area contributed by atoms with Gasteiger partial charge in [-0.15, -0.1) is 0 Å². The molecule has 0 heterocycles. The SMILES string of the molecule is C[C@H]1[C@@H]2C[C@H]([C@H]([C@H](Nc3ccccc3)c3ccccc3)C2=O)C1(C)C. The molecular formula is C23H27NO. The van der Waals surface area contributed by atoms with Gasteiger partial charge in [-0.1, -0.05) is 69.3 Å². The molecular weight excluding hydrogens is 306 g/mol. The third-order valence-electron chi connectivity index (χ3n) is 6.98. The van der Waals surface area contributed by atoms with Gasteiger partial charge in [-0.3, -0.25) is 4.79 Å². The number of rotatable bonds is 4. The second-order valence-corrected chi connectivity index (χ2v) is 8.39. The van der Waals surface area contributed by atoms with Crippen LogP contribution in [0.5, 0.6) is 0 Å². The molecule has 0 radical (unpaired) electrons. The summed E-state index contributed by atoms with van der Waals surface area (Å²) < 4.78 is 0. The highest BCUT2D eigenvalue weighted by Crippen LogP contribution is 2.62. The Morgan fingerprint density at radius 2 is 1.60 bits per heavy atom. The molecule has 130 valence electrons. The lowest BCUT2D eigenvalue weighted by molar-refractivity contribution is -0.131. The minimum absolute atomic E-state index is 0.0397. The molecule has 2 saturated carbocycles. The van der Waals surface area contributed by atoms with E-state index in [1.54, 1.807) is 0 Å². The number of para-hydroxylation sites is 1. The molecule has 2 aromatic rings. The molecule has 2 heteroatoms. The average Bonchev–Trinajstić information content (AvgIpc) is 3.08.